The Morgan fingerprint density at radius 1 is 1.21 bits per heavy atom. The van der Waals surface area contributed by atoms with Crippen molar-refractivity contribution in [3.8, 4) is 5.75 Å². The first-order chi connectivity index (χ1) is 9.21. The Balaban J connectivity index is 2.17. The number of anilines is 2. The average Bonchev–Trinajstić information content (AvgIpc) is 2.39. The molecule has 1 aromatic carbocycles. The lowest BCUT2D eigenvalue weighted by Crippen LogP contribution is -2.00. The molecule has 0 aliphatic heterocycles. The fourth-order valence-electron chi connectivity index (χ4n) is 1.69. The van der Waals surface area contributed by atoms with Crippen LogP contribution in [0.15, 0.2) is 30.3 Å². The molecule has 0 atom stereocenters. The molecule has 0 saturated heterocycles. The first-order valence-corrected chi connectivity index (χ1v) is 6.53. The van der Waals surface area contributed by atoms with Crippen LogP contribution in [0, 0.1) is 0 Å². The summed E-state index contributed by atoms with van der Waals surface area (Å²) >= 11 is 5.99. The van der Waals surface area contributed by atoms with Crippen molar-refractivity contribution in [2.45, 2.75) is 19.8 Å². The van der Waals surface area contributed by atoms with Crippen molar-refractivity contribution in [1.29, 1.82) is 0 Å². The largest absolute Gasteiger partial charge is 0.497 e. The maximum absolute atomic E-state index is 5.99. The average molecular weight is 278 g/mol. The summed E-state index contributed by atoms with van der Waals surface area (Å²) in [5.74, 6) is 2.28. The summed E-state index contributed by atoms with van der Waals surface area (Å²) in [4.78, 5) is 8.61. The van der Waals surface area contributed by atoms with Crippen molar-refractivity contribution in [1.82, 2.24) is 9.97 Å². The van der Waals surface area contributed by atoms with Crippen LogP contribution >= 0.6 is 11.6 Å². The first kappa shape index (κ1) is 13.6. The van der Waals surface area contributed by atoms with Crippen molar-refractivity contribution < 1.29 is 4.74 Å². The van der Waals surface area contributed by atoms with Gasteiger partial charge >= 0.3 is 0 Å². The highest BCUT2D eigenvalue weighted by Crippen LogP contribution is 2.20. The summed E-state index contributed by atoms with van der Waals surface area (Å²) in [6.45, 7) is 2.08. The molecule has 0 aliphatic rings. The van der Waals surface area contributed by atoms with Gasteiger partial charge in [0.25, 0.3) is 0 Å². The number of halogens is 1. The summed E-state index contributed by atoms with van der Waals surface area (Å²) in [6, 6.07) is 9.34. The molecule has 0 saturated carbocycles. The van der Waals surface area contributed by atoms with Gasteiger partial charge in [-0.1, -0.05) is 18.5 Å². The number of hydrogen-bond donors (Lipinski definition) is 1. The van der Waals surface area contributed by atoms with Gasteiger partial charge in [-0.15, -0.1) is 0 Å². The Kier molecular flexibility index (Phi) is 4.58. The van der Waals surface area contributed by atoms with Crippen molar-refractivity contribution in [3.63, 3.8) is 0 Å². The smallest absolute Gasteiger partial charge is 0.135 e. The van der Waals surface area contributed by atoms with E-state index in [1.807, 2.05) is 24.3 Å². The van der Waals surface area contributed by atoms with Gasteiger partial charge in [0.2, 0.25) is 0 Å². The highest BCUT2D eigenvalue weighted by atomic mass is 35.5. The minimum Gasteiger partial charge on any atom is -0.497 e. The number of nitrogens with one attached hydrogen (secondary N) is 1. The van der Waals surface area contributed by atoms with Gasteiger partial charge in [-0.05, 0) is 30.7 Å². The highest BCUT2D eigenvalue weighted by molar-refractivity contribution is 6.29. The third-order valence-corrected chi connectivity index (χ3v) is 2.77. The van der Waals surface area contributed by atoms with Gasteiger partial charge in [-0.3, -0.25) is 0 Å². The lowest BCUT2D eigenvalue weighted by atomic mass is 10.3. The topological polar surface area (TPSA) is 47.0 Å². The molecule has 4 nitrogen and oxygen atoms in total. The standard InChI is InChI=1S/C14H16ClN3O/c1-3-4-13-17-12(15)9-14(18-13)16-10-5-7-11(19-2)8-6-10/h5-9H,3-4H2,1-2H3,(H,16,17,18). The number of rotatable bonds is 5. The van der Waals surface area contributed by atoms with Gasteiger partial charge < -0.3 is 10.1 Å². The van der Waals surface area contributed by atoms with E-state index in [2.05, 4.69) is 22.2 Å². The molecular weight excluding hydrogens is 262 g/mol. The van der Waals surface area contributed by atoms with Gasteiger partial charge in [0.15, 0.2) is 0 Å². The van der Waals surface area contributed by atoms with Gasteiger partial charge in [-0.25, -0.2) is 9.97 Å². The van der Waals surface area contributed by atoms with Crippen LogP contribution in [0.5, 0.6) is 5.75 Å². The Morgan fingerprint density at radius 3 is 2.58 bits per heavy atom. The molecule has 0 spiro atoms. The van der Waals surface area contributed by atoms with E-state index >= 15 is 0 Å². The summed E-state index contributed by atoms with van der Waals surface area (Å²) in [6.07, 6.45) is 1.81. The number of benzene rings is 1. The number of ether oxygens (including phenoxy) is 1. The van der Waals surface area contributed by atoms with Crippen molar-refractivity contribution >= 4 is 23.1 Å². The van der Waals surface area contributed by atoms with E-state index in [0.29, 0.717) is 11.0 Å². The zero-order valence-corrected chi connectivity index (χ0v) is 11.7. The van der Waals surface area contributed by atoms with Crippen LogP contribution in [-0.4, -0.2) is 17.1 Å². The fourth-order valence-corrected chi connectivity index (χ4v) is 1.89. The SMILES string of the molecule is CCCc1nc(Cl)cc(Nc2ccc(OC)cc2)n1. The van der Waals surface area contributed by atoms with Crippen molar-refractivity contribution in [2.75, 3.05) is 12.4 Å². The van der Waals surface area contributed by atoms with Crippen LogP contribution in [-0.2, 0) is 6.42 Å². The first-order valence-electron chi connectivity index (χ1n) is 6.16. The molecule has 0 amide bonds. The number of nitrogens with zero attached hydrogens (tertiary/aromatic N) is 2. The molecule has 0 bridgehead atoms. The van der Waals surface area contributed by atoms with Crippen LogP contribution in [0.25, 0.3) is 0 Å². The maximum atomic E-state index is 5.99. The summed E-state index contributed by atoms with van der Waals surface area (Å²) in [5, 5.41) is 3.66. The van der Waals surface area contributed by atoms with Crippen molar-refractivity contribution in [2.24, 2.45) is 0 Å². The Morgan fingerprint density at radius 2 is 1.95 bits per heavy atom. The predicted octanol–water partition coefficient (Wildman–Crippen LogP) is 3.83. The van der Waals surface area contributed by atoms with Gasteiger partial charge in [0.05, 0.1) is 7.11 Å². The molecule has 5 heteroatoms. The fraction of sp³-hybridized carbons (Fsp3) is 0.286. The van der Waals surface area contributed by atoms with E-state index in [-0.39, 0.29) is 0 Å². The molecule has 0 radical (unpaired) electrons. The molecular formula is C14H16ClN3O. The van der Waals surface area contributed by atoms with Crippen LogP contribution in [0.3, 0.4) is 0 Å². The molecule has 2 rings (SSSR count). The molecule has 19 heavy (non-hydrogen) atoms. The molecule has 0 fully saturated rings. The molecule has 1 heterocycles. The summed E-state index contributed by atoms with van der Waals surface area (Å²) in [7, 11) is 1.64. The normalized spacial score (nSPS) is 10.3. The van der Waals surface area contributed by atoms with E-state index in [1.54, 1.807) is 13.2 Å². The molecule has 1 N–H and O–H groups in total. The van der Waals surface area contributed by atoms with Crippen LogP contribution in [0.4, 0.5) is 11.5 Å². The van der Waals surface area contributed by atoms with E-state index < -0.39 is 0 Å². The van der Waals surface area contributed by atoms with Crippen LogP contribution in [0.1, 0.15) is 19.2 Å². The van der Waals surface area contributed by atoms with E-state index in [0.717, 1.165) is 30.1 Å². The maximum Gasteiger partial charge on any atom is 0.135 e. The molecule has 2 aromatic rings. The minimum atomic E-state index is 0.453. The third-order valence-electron chi connectivity index (χ3n) is 2.58. The number of hydrogen-bond acceptors (Lipinski definition) is 4. The van der Waals surface area contributed by atoms with E-state index in [1.165, 1.54) is 0 Å². The Bertz CT molecular complexity index is 543. The lowest BCUT2D eigenvalue weighted by molar-refractivity contribution is 0.415. The van der Waals surface area contributed by atoms with Gasteiger partial charge in [0.1, 0.15) is 22.5 Å². The molecule has 0 unspecified atom stereocenters. The predicted molar refractivity (Wildman–Crippen MR) is 77.3 cm³/mol. The second-order valence-corrected chi connectivity index (χ2v) is 4.48. The summed E-state index contributed by atoms with van der Waals surface area (Å²) in [5.41, 5.74) is 0.929. The van der Waals surface area contributed by atoms with Gasteiger partial charge in [0, 0.05) is 18.2 Å². The van der Waals surface area contributed by atoms with E-state index in [9.17, 15) is 0 Å². The minimum absolute atomic E-state index is 0.453. The van der Waals surface area contributed by atoms with E-state index in [4.69, 9.17) is 16.3 Å². The molecule has 100 valence electrons. The number of methoxy groups -OCH3 is 1. The highest BCUT2D eigenvalue weighted by Gasteiger charge is 2.03. The van der Waals surface area contributed by atoms with Gasteiger partial charge in [-0.2, -0.15) is 0 Å². The Hall–Kier alpha value is -1.81. The second-order valence-electron chi connectivity index (χ2n) is 4.10. The number of aromatic nitrogens is 2. The van der Waals surface area contributed by atoms with Crippen molar-refractivity contribution in [3.05, 3.63) is 41.3 Å². The molecule has 1 aromatic heterocycles. The number of aryl methyl sites for hydroxylation is 1. The lowest BCUT2D eigenvalue weighted by Gasteiger charge is -2.08. The quantitative estimate of drug-likeness (QED) is 0.844. The zero-order valence-electron chi connectivity index (χ0n) is 11.0. The molecule has 0 aliphatic carbocycles. The Labute approximate surface area is 117 Å². The summed E-state index contributed by atoms with van der Waals surface area (Å²) < 4.78 is 5.12. The second kappa shape index (κ2) is 6.38. The van der Waals surface area contributed by atoms with Crippen LogP contribution in [0.2, 0.25) is 5.15 Å². The zero-order chi connectivity index (χ0) is 13.7. The van der Waals surface area contributed by atoms with Crippen LogP contribution < -0.4 is 10.1 Å². The third kappa shape index (κ3) is 3.83. The monoisotopic (exact) mass is 277 g/mol.